The fourth-order valence-electron chi connectivity index (χ4n) is 2.81. The average Bonchev–Trinajstić information content (AvgIpc) is 2.59. The normalized spacial score (nSPS) is 14.2. The van der Waals surface area contributed by atoms with Gasteiger partial charge in [-0.1, -0.05) is 30.3 Å². The van der Waals surface area contributed by atoms with Gasteiger partial charge in [-0.25, -0.2) is 0 Å². The van der Waals surface area contributed by atoms with E-state index in [-0.39, 0.29) is 11.8 Å². The maximum absolute atomic E-state index is 12.4. The monoisotopic (exact) mass is 324 g/mol. The molecular formula is C19H20N2O3. The van der Waals surface area contributed by atoms with Crippen LogP contribution in [0.25, 0.3) is 11.1 Å². The van der Waals surface area contributed by atoms with E-state index in [9.17, 15) is 14.7 Å². The zero-order chi connectivity index (χ0) is 17.1. The summed E-state index contributed by atoms with van der Waals surface area (Å²) in [5.74, 6) is -0.228. The number of β-amino-alcohol motifs (C(OH)–C–C–N with tert-alkyl or cyclic N) is 1. The molecule has 0 spiro atoms. The maximum atomic E-state index is 12.4. The van der Waals surface area contributed by atoms with E-state index in [1.54, 1.807) is 23.1 Å². The highest BCUT2D eigenvalue weighted by Gasteiger charge is 2.29. The van der Waals surface area contributed by atoms with Crippen LogP contribution in [0, 0.1) is 0 Å². The molecule has 1 saturated heterocycles. The fourth-order valence-corrected chi connectivity index (χ4v) is 2.81. The number of aliphatic hydroxyl groups is 1. The summed E-state index contributed by atoms with van der Waals surface area (Å²) in [6.07, 6.45) is -0.421. The molecule has 2 aromatic rings. The van der Waals surface area contributed by atoms with Crippen LogP contribution in [0.4, 0.5) is 0 Å². The van der Waals surface area contributed by atoms with Gasteiger partial charge in [0.15, 0.2) is 0 Å². The van der Waals surface area contributed by atoms with E-state index in [0.29, 0.717) is 30.8 Å². The van der Waals surface area contributed by atoms with E-state index in [4.69, 9.17) is 0 Å². The van der Waals surface area contributed by atoms with Gasteiger partial charge in [0.2, 0.25) is 0 Å². The minimum Gasteiger partial charge on any atom is -0.389 e. The highest BCUT2D eigenvalue weighted by Crippen LogP contribution is 2.25. The van der Waals surface area contributed by atoms with Crippen LogP contribution in [-0.2, 0) is 0 Å². The summed E-state index contributed by atoms with van der Waals surface area (Å²) < 4.78 is 0. The summed E-state index contributed by atoms with van der Waals surface area (Å²) in [6, 6.07) is 14.6. The van der Waals surface area contributed by atoms with Crippen LogP contribution in [0.1, 0.15) is 27.6 Å². The zero-order valence-corrected chi connectivity index (χ0v) is 13.5. The van der Waals surface area contributed by atoms with Gasteiger partial charge in [0.05, 0.1) is 6.10 Å². The van der Waals surface area contributed by atoms with Gasteiger partial charge in [-0.3, -0.25) is 9.59 Å². The summed E-state index contributed by atoms with van der Waals surface area (Å²) in [5.41, 5.74) is 2.76. The van der Waals surface area contributed by atoms with Crippen LogP contribution in [0.15, 0.2) is 48.5 Å². The quantitative estimate of drug-likeness (QED) is 0.903. The maximum Gasteiger partial charge on any atom is 0.254 e. The first-order chi connectivity index (χ1) is 11.6. The molecule has 0 aromatic heterocycles. The van der Waals surface area contributed by atoms with Crippen molar-refractivity contribution in [2.75, 3.05) is 19.6 Å². The molecule has 0 atom stereocenters. The Labute approximate surface area is 140 Å². The standard InChI is InChI=1S/C19H20N2O3/c1-2-20-18(23)17-9-4-3-8-16(17)13-6-5-7-14(10-13)19(24)21-11-15(22)12-21/h3-10,15,22H,2,11-12H2,1H3,(H,20,23). The largest absolute Gasteiger partial charge is 0.389 e. The number of hydrogen-bond donors (Lipinski definition) is 2. The van der Waals surface area contributed by atoms with Gasteiger partial charge >= 0.3 is 0 Å². The lowest BCUT2D eigenvalue weighted by atomic mass is 9.97. The van der Waals surface area contributed by atoms with E-state index in [1.165, 1.54) is 0 Å². The lowest BCUT2D eigenvalue weighted by molar-refractivity contribution is 0.00590. The third kappa shape index (κ3) is 3.16. The van der Waals surface area contributed by atoms with Gasteiger partial charge < -0.3 is 15.3 Å². The van der Waals surface area contributed by atoms with Gasteiger partial charge in [-0.2, -0.15) is 0 Å². The Hall–Kier alpha value is -2.66. The molecule has 1 aliphatic rings. The molecule has 5 heteroatoms. The molecule has 2 amide bonds. The van der Waals surface area contributed by atoms with E-state index >= 15 is 0 Å². The molecule has 5 nitrogen and oxygen atoms in total. The third-order valence-electron chi connectivity index (χ3n) is 4.08. The summed E-state index contributed by atoms with van der Waals surface area (Å²) in [5, 5.41) is 12.2. The van der Waals surface area contributed by atoms with E-state index in [2.05, 4.69) is 5.32 Å². The number of carbonyl (C=O) groups excluding carboxylic acids is 2. The Kier molecular flexibility index (Phi) is 4.62. The third-order valence-corrected chi connectivity index (χ3v) is 4.08. The number of aliphatic hydroxyl groups excluding tert-OH is 1. The van der Waals surface area contributed by atoms with Gasteiger partial charge in [0, 0.05) is 30.8 Å². The highest BCUT2D eigenvalue weighted by atomic mass is 16.3. The second kappa shape index (κ2) is 6.84. The van der Waals surface area contributed by atoms with Gasteiger partial charge in [0.25, 0.3) is 11.8 Å². The van der Waals surface area contributed by atoms with Crippen molar-refractivity contribution in [1.29, 1.82) is 0 Å². The number of nitrogens with zero attached hydrogens (tertiary/aromatic N) is 1. The zero-order valence-electron chi connectivity index (χ0n) is 13.5. The summed E-state index contributed by atoms with van der Waals surface area (Å²) in [7, 11) is 0. The predicted octanol–water partition coefficient (Wildman–Crippen LogP) is 1.92. The number of rotatable bonds is 4. The van der Waals surface area contributed by atoms with Crippen LogP contribution < -0.4 is 5.32 Å². The average molecular weight is 324 g/mol. The molecule has 1 fully saturated rings. The van der Waals surface area contributed by atoms with Gasteiger partial charge in [-0.15, -0.1) is 0 Å². The molecule has 0 unspecified atom stereocenters. The van der Waals surface area contributed by atoms with Crippen LogP contribution in [0.2, 0.25) is 0 Å². The molecule has 124 valence electrons. The number of likely N-dealkylation sites (tertiary alicyclic amines) is 1. The van der Waals surface area contributed by atoms with Gasteiger partial charge in [0.1, 0.15) is 0 Å². The number of hydrogen-bond acceptors (Lipinski definition) is 3. The van der Waals surface area contributed by atoms with Crippen LogP contribution in [-0.4, -0.2) is 47.6 Å². The van der Waals surface area contributed by atoms with Crippen LogP contribution >= 0.6 is 0 Å². The van der Waals surface area contributed by atoms with Crippen molar-refractivity contribution in [1.82, 2.24) is 10.2 Å². The molecule has 24 heavy (non-hydrogen) atoms. The Morgan fingerprint density at radius 3 is 2.62 bits per heavy atom. The number of nitrogens with one attached hydrogen (secondary N) is 1. The molecule has 2 N–H and O–H groups in total. The van der Waals surface area contributed by atoms with Crippen molar-refractivity contribution in [3.8, 4) is 11.1 Å². The SMILES string of the molecule is CCNC(=O)c1ccccc1-c1cccc(C(=O)N2CC(O)C2)c1. The minimum absolute atomic E-state index is 0.0994. The number of carbonyl (C=O) groups is 2. The first kappa shape index (κ1) is 16.2. The van der Waals surface area contributed by atoms with Crippen LogP contribution in [0.5, 0.6) is 0 Å². The summed E-state index contributed by atoms with van der Waals surface area (Å²) in [4.78, 5) is 26.3. The molecule has 3 rings (SSSR count). The number of amides is 2. The van der Waals surface area contributed by atoms with Crippen LogP contribution in [0.3, 0.4) is 0 Å². The van der Waals surface area contributed by atoms with Crippen molar-refractivity contribution in [3.63, 3.8) is 0 Å². The Bertz CT molecular complexity index is 767. The van der Waals surface area contributed by atoms with E-state index in [1.807, 2.05) is 37.3 Å². The van der Waals surface area contributed by atoms with Crippen molar-refractivity contribution >= 4 is 11.8 Å². The first-order valence-corrected chi connectivity index (χ1v) is 8.05. The highest BCUT2D eigenvalue weighted by molar-refractivity contribution is 6.02. The lowest BCUT2D eigenvalue weighted by Crippen LogP contribution is -2.53. The smallest absolute Gasteiger partial charge is 0.254 e. The minimum atomic E-state index is -0.421. The van der Waals surface area contributed by atoms with E-state index in [0.717, 1.165) is 11.1 Å². The van der Waals surface area contributed by atoms with E-state index < -0.39 is 6.10 Å². The Morgan fingerprint density at radius 1 is 1.17 bits per heavy atom. The molecule has 1 heterocycles. The molecule has 0 aliphatic carbocycles. The Morgan fingerprint density at radius 2 is 1.92 bits per heavy atom. The van der Waals surface area contributed by atoms with Crippen molar-refractivity contribution in [2.45, 2.75) is 13.0 Å². The Balaban J connectivity index is 1.92. The molecular weight excluding hydrogens is 304 g/mol. The molecule has 0 saturated carbocycles. The summed E-state index contributed by atoms with van der Waals surface area (Å²) >= 11 is 0. The molecule has 2 aromatic carbocycles. The topological polar surface area (TPSA) is 69.6 Å². The second-order valence-corrected chi connectivity index (χ2v) is 5.85. The predicted molar refractivity (Wildman–Crippen MR) is 91.8 cm³/mol. The summed E-state index contributed by atoms with van der Waals surface area (Å²) in [6.45, 7) is 3.18. The van der Waals surface area contributed by atoms with Crippen molar-refractivity contribution < 1.29 is 14.7 Å². The molecule has 0 radical (unpaired) electrons. The first-order valence-electron chi connectivity index (χ1n) is 8.05. The van der Waals surface area contributed by atoms with Crippen molar-refractivity contribution in [3.05, 3.63) is 59.7 Å². The fraction of sp³-hybridized carbons (Fsp3) is 0.263. The molecule has 1 aliphatic heterocycles. The second-order valence-electron chi connectivity index (χ2n) is 5.85. The van der Waals surface area contributed by atoms with Gasteiger partial charge in [-0.05, 0) is 36.2 Å². The number of benzene rings is 2. The molecule has 0 bridgehead atoms. The lowest BCUT2D eigenvalue weighted by Gasteiger charge is -2.35. The van der Waals surface area contributed by atoms with Crippen molar-refractivity contribution in [2.24, 2.45) is 0 Å².